The molecule has 1 aromatic rings. The summed E-state index contributed by atoms with van der Waals surface area (Å²) in [6.07, 6.45) is 3.58. The molecule has 0 saturated heterocycles. The normalized spacial score (nSPS) is 22.0. The van der Waals surface area contributed by atoms with E-state index in [9.17, 15) is 9.59 Å². The van der Waals surface area contributed by atoms with Gasteiger partial charge < -0.3 is 9.21 Å². The van der Waals surface area contributed by atoms with Crippen molar-refractivity contribution in [3.63, 3.8) is 0 Å². The highest BCUT2D eigenvalue weighted by Gasteiger charge is 2.29. The van der Waals surface area contributed by atoms with E-state index in [1.165, 1.54) is 6.26 Å². The van der Waals surface area contributed by atoms with Gasteiger partial charge in [0.25, 0.3) is 0 Å². The third-order valence-corrected chi connectivity index (χ3v) is 2.20. The van der Waals surface area contributed by atoms with Crippen LogP contribution in [0.25, 0.3) is 0 Å². The third-order valence-electron chi connectivity index (χ3n) is 2.20. The second-order valence-corrected chi connectivity index (χ2v) is 2.92. The largest absolute Gasteiger partial charge is 0.461 e. The predicted octanol–water partition coefficient (Wildman–Crippen LogP) is 1.22. The molecule has 0 bridgehead atoms. The zero-order valence-corrected chi connectivity index (χ0v) is 6.45. The molecular formula is C9H8O3. The topological polar surface area (TPSA) is 47.3 Å². The Labute approximate surface area is 69.4 Å². The number of carbonyl (C=O) groups is 2. The number of aldehydes is 1. The highest BCUT2D eigenvalue weighted by molar-refractivity contribution is 6.05. The number of hydrogen-bond acceptors (Lipinski definition) is 3. The van der Waals surface area contributed by atoms with Gasteiger partial charge in [-0.25, -0.2) is 0 Å². The van der Waals surface area contributed by atoms with Crippen molar-refractivity contribution < 1.29 is 14.0 Å². The Morgan fingerprint density at radius 1 is 1.58 bits per heavy atom. The van der Waals surface area contributed by atoms with Crippen molar-refractivity contribution in [1.82, 2.24) is 0 Å². The van der Waals surface area contributed by atoms with Gasteiger partial charge in [0.1, 0.15) is 6.29 Å². The molecule has 1 aliphatic rings. The Morgan fingerprint density at radius 3 is 3.17 bits per heavy atom. The SMILES string of the molecule is O=CC1CCc2ccoc2C1=O. The molecular weight excluding hydrogens is 156 g/mol. The predicted molar refractivity (Wildman–Crippen MR) is 40.9 cm³/mol. The fourth-order valence-corrected chi connectivity index (χ4v) is 1.49. The molecule has 1 aliphatic carbocycles. The number of ketones is 1. The highest BCUT2D eigenvalue weighted by atomic mass is 16.3. The van der Waals surface area contributed by atoms with Crippen molar-refractivity contribution in [3.05, 3.63) is 23.7 Å². The van der Waals surface area contributed by atoms with Gasteiger partial charge in [0.15, 0.2) is 5.76 Å². The molecule has 1 heterocycles. The van der Waals surface area contributed by atoms with E-state index in [2.05, 4.69) is 0 Å². The fraction of sp³-hybridized carbons (Fsp3) is 0.333. The van der Waals surface area contributed by atoms with Gasteiger partial charge in [-0.3, -0.25) is 4.79 Å². The van der Waals surface area contributed by atoms with Gasteiger partial charge in [-0.2, -0.15) is 0 Å². The Morgan fingerprint density at radius 2 is 2.42 bits per heavy atom. The average molecular weight is 164 g/mol. The first kappa shape index (κ1) is 7.28. The maximum Gasteiger partial charge on any atom is 0.208 e. The van der Waals surface area contributed by atoms with Crippen molar-refractivity contribution in [2.75, 3.05) is 0 Å². The van der Waals surface area contributed by atoms with Crippen LogP contribution < -0.4 is 0 Å². The third kappa shape index (κ3) is 0.897. The molecule has 0 fully saturated rings. The molecule has 2 rings (SSSR count). The lowest BCUT2D eigenvalue weighted by Crippen LogP contribution is -2.22. The van der Waals surface area contributed by atoms with E-state index in [-0.39, 0.29) is 5.78 Å². The van der Waals surface area contributed by atoms with E-state index in [0.29, 0.717) is 18.5 Å². The van der Waals surface area contributed by atoms with Crippen LogP contribution in [0.4, 0.5) is 0 Å². The van der Waals surface area contributed by atoms with Gasteiger partial charge >= 0.3 is 0 Å². The molecule has 0 radical (unpaired) electrons. The standard InChI is InChI=1S/C9H8O3/c10-5-7-2-1-6-3-4-12-9(6)8(7)11/h3-5,7H,1-2H2. The Kier molecular flexibility index (Phi) is 1.57. The molecule has 1 unspecified atom stereocenters. The van der Waals surface area contributed by atoms with Crippen molar-refractivity contribution in [2.45, 2.75) is 12.8 Å². The Hall–Kier alpha value is -1.38. The number of hydrogen-bond donors (Lipinski definition) is 0. The van der Waals surface area contributed by atoms with Gasteiger partial charge in [0.05, 0.1) is 12.2 Å². The number of rotatable bonds is 1. The van der Waals surface area contributed by atoms with Crippen LogP contribution in [0.5, 0.6) is 0 Å². The van der Waals surface area contributed by atoms with E-state index in [4.69, 9.17) is 4.42 Å². The lowest BCUT2D eigenvalue weighted by atomic mass is 9.88. The Bertz CT molecular complexity index is 324. The Balaban J connectivity index is 2.41. The molecule has 0 saturated carbocycles. The van der Waals surface area contributed by atoms with E-state index < -0.39 is 5.92 Å². The van der Waals surface area contributed by atoms with E-state index in [1.807, 2.05) is 0 Å². The van der Waals surface area contributed by atoms with Crippen LogP contribution in [0.15, 0.2) is 16.7 Å². The minimum absolute atomic E-state index is 0.170. The average Bonchev–Trinajstić information content (AvgIpc) is 2.53. The van der Waals surface area contributed by atoms with Gasteiger partial charge in [-0.05, 0) is 18.9 Å². The summed E-state index contributed by atoms with van der Waals surface area (Å²) < 4.78 is 4.99. The summed E-state index contributed by atoms with van der Waals surface area (Å²) in [5.74, 6) is -0.279. The van der Waals surface area contributed by atoms with E-state index in [1.54, 1.807) is 6.07 Å². The van der Waals surface area contributed by atoms with E-state index >= 15 is 0 Å². The van der Waals surface area contributed by atoms with E-state index in [0.717, 1.165) is 12.0 Å². The molecule has 12 heavy (non-hydrogen) atoms. The maximum atomic E-state index is 11.4. The molecule has 1 aromatic heterocycles. The number of carbonyl (C=O) groups excluding carboxylic acids is 2. The zero-order chi connectivity index (χ0) is 8.55. The van der Waals surface area contributed by atoms with Crippen molar-refractivity contribution in [2.24, 2.45) is 5.92 Å². The van der Waals surface area contributed by atoms with Crippen LogP contribution in [0.2, 0.25) is 0 Å². The van der Waals surface area contributed by atoms with Gasteiger partial charge in [0, 0.05) is 5.56 Å². The van der Waals surface area contributed by atoms with Crippen molar-refractivity contribution in [3.8, 4) is 0 Å². The lowest BCUT2D eigenvalue weighted by Gasteiger charge is -2.13. The summed E-state index contributed by atoms with van der Waals surface area (Å²) >= 11 is 0. The highest BCUT2D eigenvalue weighted by Crippen LogP contribution is 2.24. The van der Waals surface area contributed by atoms with Gasteiger partial charge in [-0.1, -0.05) is 0 Å². The molecule has 0 spiro atoms. The number of fused-ring (bicyclic) bond motifs is 1. The molecule has 0 aromatic carbocycles. The summed E-state index contributed by atoms with van der Waals surface area (Å²) in [6.45, 7) is 0. The molecule has 3 nitrogen and oxygen atoms in total. The first-order chi connectivity index (χ1) is 5.83. The quantitative estimate of drug-likeness (QED) is 0.463. The molecule has 3 heteroatoms. The molecule has 0 amide bonds. The minimum atomic E-state index is -0.483. The summed E-state index contributed by atoms with van der Waals surface area (Å²) in [7, 11) is 0. The summed E-state index contributed by atoms with van der Waals surface area (Å²) in [6, 6.07) is 1.79. The minimum Gasteiger partial charge on any atom is -0.461 e. The maximum absolute atomic E-state index is 11.4. The van der Waals surface area contributed by atoms with Gasteiger partial charge in [0.2, 0.25) is 5.78 Å². The summed E-state index contributed by atoms with van der Waals surface area (Å²) in [4.78, 5) is 21.8. The van der Waals surface area contributed by atoms with Crippen molar-refractivity contribution in [1.29, 1.82) is 0 Å². The van der Waals surface area contributed by atoms with Crippen LogP contribution >= 0.6 is 0 Å². The smallest absolute Gasteiger partial charge is 0.208 e. The first-order valence-electron chi connectivity index (χ1n) is 3.89. The van der Waals surface area contributed by atoms with Crippen LogP contribution in [0.1, 0.15) is 22.5 Å². The van der Waals surface area contributed by atoms with Crippen LogP contribution in [0.3, 0.4) is 0 Å². The summed E-state index contributed by atoms with van der Waals surface area (Å²) in [5.41, 5.74) is 0.929. The fourth-order valence-electron chi connectivity index (χ4n) is 1.49. The summed E-state index contributed by atoms with van der Waals surface area (Å²) in [5, 5.41) is 0. The molecule has 0 aliphatic heterocycles. The molecule has 0 N–H and O–H groups in total. The van der Waals surface area contributed by atoms with Crippen LogP contribution in [-0.2, 0) is 11.2 Å². The number of Topliss-reactive ketones (excluding diaryl/α,β-unsaturated/α-hetero) is 1. The molecule has 1 atom stereocenters. The number of aryl methyl sites for hydroxylation is 1. The van der Waals surface area contributed by atoms with Gasteiger partial charge in [-0.15, -0.1) is 0 Å². The van der Waals surface area contributed by atoms with Crippen LogP contribution in [-0.4, -0.2) is 12.1 Å². The second-order valence-electron chi connectivity index (χ2n) is 2.92. The second kappa shape index (κ2) is 2.59. The first-order valence-corrected chi connectivity index (χ1v) is 3.89. The monoisotopic (exact) mass is 164 g/mol. The van der Waals surface area contributed by atoms with Crippen LogP contribution in [0, 0.1) is 5.92 Å². The lowest BCUT2D eigenvalue weighted by molar-refractivity contribution is -0.110. The van der Waals surface area contributed by atoms with Crippen molar-refractivity contribution >= 4 is 12.1 Å². The molecule has 62 valence electrons. The zero-order valence-electron chi connectivity index (χ0n) is 6.45. The number of furan rings is 1.